The second kappa shape index (κ2) is 6.43. The lowest BCUT2D eigenvalue weighted by Crippen LogP contribution is -2.78. The zero-order chi connectivity index (χ0) is 22.3. The maximum Gasteiger partial charge on any atom is 0.417 e. The van der Waals surface area contributed by atoms with Gasteiger partial charge in [-0.15, -0.1) is 0 Å². The van der Waals surface area contributed by atoms with E-state index in [0.29, 0.717) is 22.8 Å². The van der Waals surface area contributed by atoms with E-state index in [1.807, 2.05) is 11.2 Å². The Morgan fingerprint density at radius 2 is 1.97 bits per heavy atom. The number of anilines is 1. The zero-order valence-corrected chi connectivity index (χ0v) is 19.4. The second-order valence-corrected chi connectivity index (χ2v) is 11.1. The average Bonchev–Trinajstić information content (AvgIpc) is 2.99. The minimum absolute atomic E-state index is 0.178. The van der Waals surface area contributed by atoms with Crippen molar-refractivity contribution in [3.63, 3.8) is 0 Å². The molecule has 3 aliphatic carbocycles. The molecule has 31 heavy (non-hydrogen) atoms. The van der Waals surface area contributed by atoms with Gasteiger partial charge in [-0.3, -0.25) is 14.5 Å². The van der Waals surface area contributed by atoms with E-state index in [-0.39, 0.29) is 30.8 Å². The molecule has 6 rings (SSSR count). The zero-order valence-electron chi connectivity index (χ0n) is 18.6. The third-order valence-electron chi connectivity index (χ3n) is 7.58. The number of thioether (sulfide) groups is 1. The summed E-state index contributed by atoms with van der Waals surface area (Å²) in [4.78, 5) is 52.3. The van der Waals surface area contributed by atoms with Crippen molar-refractivity contribution in [3.8, 4) is 0 Å². The van der Waals surface area contributed by atoms with Gasteiger partial charge in [0.1, 0.15) is 16.8 Å². The highest BCUT2D eigenvalue weighted by atomic mass is 32.2. The lowest BCUT2D eigenvalue weighted by atomic mass is 9.42. The monoisotopic (exact) mass is 444 g/mol. The van der Waals surface area contributed by atoms with Gasteiger partial charge in [-0.25, -0.2) is 19.7 Å². The highest BCUT2D eigenvalue weighted by molar-refractivity contribution is 7.98. The maximum atomic E-state index is 14.0. The Morgan fingerprint density at radius 3 is 2.52 bits per heavy atom. The number of hydrogen-bond acceptors (Lipinski definition) is 7. The van der Waals surface area contributed by atoms with Gasteiger partial charge in [0.05, 0.1) is 5.54 Å². The number of likely N-dealkylation sites (tertiary alicyclic amines) is 1. The fourth-order valence-electron chi connectivity index (χ4n) is 5.62. The average molecular weight is 445 g/mol. The van der Waals surface area contributed by atoms with Crippen LogP contribution >= 0.6 is 11.8 Å². The molecule has 1 saturated heterocycles. The minimum Gasteiger partial charge on any atom is -0.443 e. The van der Waals surface area contributed by atoms with Crippen molar-refractivity contribution in [2.24, 2.45) is 17.3 Å². The first-order chi connectivity index (χ1) is 14.5. The normalized spacial score (nSPS) is 33.8. The number of rotatable bonds is 2. The number of imide groups is 1. The number of hydrogen-bond donors (Lipinski definition) is 0. The topological polar surface area (TPSA) is 92.7 Å². The van der Waals surface area contributed by atoms with Crippen LogP contribution in [0.2, 0.25) is 0 Å². The van der Waals surface area contributed by atoms with Crippen LogP contribution in [0.3, 0.4) is 0 Å². The molecule has 1 aromatic rings. The molecular weight excluding hydrogens is 416 g/mol. The van der Waals surface area contributed by atoms with E-state index in [1.54, 1.807) is 27.0 Å². The number of carbonyl (C=O) groups excluding carboxylic acids is 3. The Balaban J connectivity index is 1.55. The van der Waals surface area contributed by atoms with Crippen LogP contribution < -0.4 is 4.90 Å². The third-order valence-corrected chi connectivity index (χ3v) is 8.14. The van der Waals surface area contributed by atoms with Crippen molar-refractivity contribution in [3.05, 3.63) is 11.8 Å². The number of amides is 3. The van der Waals surface area contributed by atoms with E-state index >= 15 is 0 Å². The van der Waals surface area contributed by atoms with E-state index in [9.17, 15) is 14.4 Å². The van der Waals surface area contributed by atoms with Crippen LogP contribution in [0.15, 0.2) is 11.4 Å². The van der Waals surface area contributed by atoms with Gasteiger partial charge < -0.3 is 4.74 Å². The summed E-state index contributed by atoms with van der Waals surface area (Å²) < 4.78 is 5.43. The molecule has 166 valence electrons. The summed E-state index contributed by atoms with van der Waals surface area (Å²) in [6.07, 6.45) is 5.36. The highest BCUT2D eigenvalue weighted by Gasteiger charge is 2.71. The fraction of sp³-hybridized carbons (Fsp3) is 0.682. The molecule has 8 nitrogen and oxygen atoms in total. The molecule has 0 aromatic carbocycles. The number of carbonyl (C=O) groups is 3. The Bertz CT molecular complexity index is 1000. The van der Waals surface area contributed by atoms with Crippen LogP contribution in [-0.2, 0) is 20.7 Å². The molecule has 3 saturated carbocycles. The van der Waals surface area contributed by atoms with Gasteiger partial charge in [-0.2, -0.15) is 0 Å². The van der Waals surface area contributed by atoms with Crippen LogP contribution in [0.1, 0.15) is 52.5 Å². The van der Waals surface area contributed by atoms with Crippen molar-refractivity contribution in [1.82, 2.24) is 14.9 Å². The molecule has 5 aliphatic rings. The van der Waals surface area contributed by atoms with Crippen LogP contribution in [0.25, 0.3) is 0 Å². The third kappa shape index (κ3) is 2.71. The summed E-state index contributed by atoms with van der Waals surface area (Å²) in [6.45, 7) is 7.63. The lowest BCUT2D eigenvalue weighted by molar-refractivity contribution is -0.153. The van der Waals surface area contributed by atoms with Gasteiger partial charge >= 0.3 is 6.09 Å². The first-order valence-electron chi connectivity index (χ1n) is 10.8. The summed E-state index contributed by atoms with van der Waals surface area (Å²) in [5.74, 6) is 0.977. The predicted molar refractivity (Wildman–Crippen MR) is 115 cm³/mol. The fourth-order valence-corrected chi connectivity index (χ4v) is 5.96. The number of fused-ring (bicyclic) bond motifs is 1. The predicted octanol–water partition coefficient (Wildman–Crippen LogP) is 3.04. The van der Waals surface area contributed by atoms with E-state index in [0.717, 1.165) is 23.3 Å². The standard InChI is InChI=1S/C22H28N4O4S/c1-12-13-9-22(12,10-13)26-15-14(11-23-18(24-15)31-5)8-21(17(26)28)6-7-25(16(21)27)19(29)30-20(2,3)4/h11-13H,6-10H2,1-5H3/t12-,13?,21-,22?/m1/s1. The van der Waals surface area contributed by atoms with Gasteiger partial charge in [-0.05, 0) is 58.1 Å². The van der Waals surface area contributed by atoms with Crippen LogP contribution in [0.5, 0.6) is 0 Å². The molecule has 2 bridgehead atoms. The number of nitrogens with zero attached hydrogens (tertiary/aromatic N) is 4. The SMILES string of the molecule is CSc1ncc2c(n1)N(C13CC(C1)[C@H]3C)C(=O)[C@]1(CCN(C(=O)OC(C)(C)C)C1=O)C2. The smallest absolute Gasteiger partial charge is 0.417 e. The largest absolute Gasteiger partial charge is 0.443 e. The van der Waals surface area contributed by atoms with E-state index in [4.69, 9.17) is 9.72 Å². The quantitative estimate of drug-likeness (QED) is 0.393. The Labute approximate surface area is 186 Å². The molecule has 4 fully saturated rings. The van der Waals surface area contributed by atoms with Crippen molar-refractivity contribution < 1.29 is 19.1 Å². The van der Waals surface area contributed by atoms with E-state index < -0.39 is 23.0 Å². The Morgan fingerprint density at radius 1 is 1.26 bits per heavy atom. The molecule has 0 unspecified atom stereocenters. The number of ether oxygens (including phenoxy) is 1. The molecule has 0 N–H and O–H groups in total. The molecule has 3 amide bonds. The van der Waals surface area contributed by atoms with Gasteiger partial charge in [0.15, 0.2) is 5.16 Å². The summed E-state index contributed by atoms with van der Waals surface area (Å²) in [5, 5.41) is 0.611. The van der Waals surface area contributed by atoms with Crippen molar-refractivity contribution in [2.75, 3.05) is 17.7 Å². The van der Waals surface area contributed by atoms with Gasteiger partial charge in [-0.1, -0.05) is 18.7 Å². The number of aromatic nitrogens is 2. The summed E-state index contributed by atoms with van der Waals surface area (Å²) >= 11 is 1.43. The van der Waals surface area contributed by atoms with E-state index in [2.05, 4.69) is 11.9 Å². The second-order valence-electron chi connectivity index (χ2n) is 10.4. The molecule has 0 radical (unpaired) electrons. The van der Waals surface area contributed by atoms with E-state index in [1.165, 1.54) is 11.8 Å². The summed E-state index contributed by atoms with van der Waals surface area (Å²) in [5.41, 5.74) is -1.48. The first-order valence-corrected chi connectivity index (χ1v) is 12.0. The maximum absolute atomic E-state index is 14.0. The Kier molecular flexibility index (Phi) is 4.30. The summed E-state index contributed by atoms with van der Waals surface area (Å²) in [7, 11) is 0. The molecule has 2 aliphatic heterocycles. The molecule has 1 aromatic heterocycles. The lowest BCUT2D eigenvalue weighted by Gasteiger charge is -2.71. The van der Waals surface area contributed by atoms with Crippen molar-refractivity contribution >= 4 is 35.5 Å². The van der Waals surface area contributed by atoms with Crippen LogP contribution in [0.4, 0.5) is 10.6 Å². The molecule has 9 heteroatoms. The highest BCUT2D eigenvalue weighted by Crippen LogP contribution is 2.67. The summed E-state index contributed by atoms with van der Waals surface area (Å²) in [6, 6.07) is 0. The van der Waals surface area contributed by atoms with Crippen molar-refractivity contribution in [1.29, 1.82) is 0 Å². The molecule has 2 atom stereocenters. The van der Waals surface area contributed by atoms with Crippen LogP contribution in [0, 0.1) is 17.3 Å². The molecule has 3 heterocycles. The van der Waals surface area contributed by atoms with Gasteiger partial charge in [0.25, 0.3) is 0 Å². The first kappa shape index (κ1) is 20.7. The van der Waals surface area contributed by atoms with Crippen LogP contribution in [-0.4, -0.2) is 56.7 Å². The molecular formula is C22H28N4O4S. The van der Waals surface area contributed by atoms with Crippen molar-refractivity contribution in [2.45, 2.75) is 69.7 Å². The van der Waals surface area contributed by atoms with Gasteiger partial charge in [0.2, 0.25) is 11.8 Å². The Hall–Kier alpha value is -2.16. The minimum atomic E-state index is -1.29. The van der Waals surface area contributed by atoms with Gasteiger partial charge in [0, 0.05) is 24.7 Å². The molecule has 1 spiro atoms.